The summed E-state index contributed by atoms with van der Waals surface area (Å²) in [5.41, 5.74) is 0.858. The maximum absolute atomic E-state index is 12.1. The summed E-state index contributed by atoms with van der Waals surface area (Å²) in [5, 5.41) is 33.8. The number of hydrogen-bond donors (Lipinski definition) is 3. The van der Waals surface area contributed by atoms with Crippen molar-refractivity contribution in [2.75, 3.05) is 0 Å². The number of hydrogen-bond acceptors (Lipinski definition) is 5. The number of phenolic OH excluding ortho intramolecular Hbond substituents is 1. The predicted molar refractivity (Wildman–Crippen MR) is 110 cm³/mol. The fourth-order valence-electron chi connectivity index (χ4n) is 4.32. The molecule has 0 saturated carbocycles. The molecule has 0 spiro atoms. The molecule has 2 aromatic rings. The molecule has 6 nitrogen and oxygen atoms in total. The van der Waals surface area contributed by atoms with E-state index in [1.807, 2.05) is 25.3 Å². The lowest BCUT2D eigenvalue weighted by atomic mass is 9.96. The van der Waals surface area contributed by atoms with Gasteiger partial charge in [0, 0.05) is 12.8 Å². The van der Waals surface area contributed by atoms with Crippen molar-refractivity contribution in [3.63, 3.8) is 0 Å². The molecule has 0 aliphatic carbocycles. The Balaban J connectivity index is 1.73. The minimum atomic E-state index is -1.12. The Morgan fingerprint density at radius 3 is 2.60 bits per heavy atom. The third-order valence-corrected chi connectivity index (χ3v) is 6.09. The topological polar surface area (TPSA) is 94.3 Å². The van der Waals surface area contributed by atoms with E-state index in [1.165, 1.54) is 0 Å². The van der Waals surface area contributed by atoms with Crippen LogP contribution in [0.5, 0.6) is 11.5 Å². The van der Waals surface area contributed by atoms with Gasteiger partial charge >= 0.3 is 0 Å². The molecule has 30 heavy (non-hydrogen) atoms. The number of aliphatic hydroxyl groups is 1. The third-order valence-electron chi connectivity index (χ3n) is 6.09. The van der Waals surface area contributed by atoms with E-state index in [0.717, 1.165) is 32.2 Å². The summed E-state index contributed by atoms with van der Waals surface area (Å²) < 4.78 is 6.12. The quantitative estimate of drug-likeness (QED) is 0.567. The number of fused-ring (bicyclic) bond motifs is 3. The van der Waals surface area contributed by atoms with Gasteiger partial charge in [0.25, 0.3) is 0 Å². The molecule has 2 heterocycles. The van der Waals surface area contributed by atoms with Gasteiger partial charge < -0.3 is 24.9 Å². The molecule has 6 heteroatoms. The number of carboxylic acid groups (broad SMARTS) is 1. The molecule has 3 N–H and O–H groups in total. The van der Waals surface area contributed by atoms with E-state index in [2.05, 4.69) is 6.08 Å². The van der Waals surface area contributed by atoms with Gasteiger partial charge in [0.1, 0.15) is 35.9 Å². The lowest BCUT2D eigenvalue weighted by Crippen LogP contribution is -3.17. The van der Waals surface area contributed by atoms with Crippen LogP contribution in [-0.4, -0.2) is 40.0 Å². The molecule has 2 aliphatic rings. The van der Waals surface area contributed by atoms with Crippen LogP contribution < -0.4 is 25.2 Å². The molecule has 4 atom stereocenters. The maximum atomic E-state index is 12.1. The highest BCUT2D eigenvalue weighted by Gasteiger charge is 2.36. The number of quaternary nitrogens is 1. The van der Waals surface area contributed by atoms with Crippen molar-refractivity contribution >= 4 is 18.2 Å². The van der Waals surface area contributed by atoms with Crippen molar-refractivity contribution in [1.82, 2.24) is 0 Å². The van der Waals surface area contributed by atoms with Crippen molar-refractivity contribution in [2.45, 2.75) is 57.4 Å². The first-order chi connectivity index (χ1) is 14.1. The van der Waals surface area contributed by atoms with E-state index < -0.39 is 17.6 Å². The molecule has 0 fully saturated rings. The van der Waals surface area contributed by atoms with E-state index in [-0.39, 0.29) is 24.3 Å². The maximum Gasteiger partial charge on any atom is 0.136 e. The highest BCUT2D eigenvalue weighted by molar-refractivity contribution is 5.70. The molecule has 0 radical (unpaired) electrons. The van der Waals surface area contributed by atoms with Crippen LogP contribution in [0.2, 0.25) is 0 Å². The first-order valence-electron chi connectivity index (χ1n) is 10.2. The van der Waals surface area contributed by atoms with Gasteiger partial charge in [-0.05, 0) is 55.3 Å². The van der Waals surface area contributed by atoms with Gasteiger partial charge in [-0.1, -0.05) is 24.3 Å². The normalized spacial score (nSPS) is 23.4. The number of aromatic hydroxyl groups is 1. The zero-order valence-corrected chi connectivity index (χ0v) is 17.4. The second-order valence-electron chi connectivity index (χ2n) is 8.86. The van der Waals surface area contributed by atoms with Crippen molar-refractivity contribution in [3.05, 3.63) is 58.0 Å². The van der Waals surface area contributed by atoms with Crippen molar-refractivity contribution in [3.8, 4) is 11.5 Å². The highest BCUT2D eigenvalue weighted by Crippen LogP contribution is 2.29. The van der Waals surface area contributed by atoms with E-state index in [0.29, 0.717) is 6.42 Å². The average Bonchev–Trinajstić information content (AvgIpc) is 3.12. The smallest absolute Gasteiger partial charge is 0.136 e. The second kappa shape index (κ2) is 7.45. The standard InChI is InChI=1S/C24H27NO5/c1-14-10-16-6-7-17-12-21(24(2,3)29)30-22(17)19(16)13-25(14)20(23(27)28)11-15-4-8-18(26)9-5-15/h4-10,13-14,20-21,26,29H,11-12H2,1-3H3,(H,27,28). The Labute approximate surface area is 175 Å². The van der Waals surface area contributed by atoms with Crippen molar-refractivity contribution in [2.24, 2.45) is 0 Å². The van der Waals surface area contributed by atoms with E-state index >= 15 is 0 Å². The Bertz CT molecular complexity index is 1080. The summed E-state index contributed by atoms with van der Waals surface area (Å²) in [5.74, 6) is -0.256. The number of rotatable bonds is 5. The van der Waals surface area contributed by atoms with Crippen LogP contribution in [0.4, 0.5) is 0 Å². The van der Waals surface area contributed by atoms with Crippen molar-refractivity contribution in [1.29, 1.82) is 0 Å². The van der Waals surface area contributed by atoms with Crippen LogP contribution in [-0.2, 0) is 17.6 Å². The number of aliphatic carboxylic acids is 1. The molecular weight excluding hydrogens is 382 g/mol. The van der Waals surface area contributed by atoms with Gasteiger partial charge in [0.05, 0.1) is 16.8 Å². The van der Waals surface area contributed by atoms with E-state index in [9.17, 15) is 20.1 Å². The summed E-state index contributed by atoms with van der Waals surface area (Å²) >= 11 is 0. The average molecular weight is 409 g/mol. The Morgan fingerprint density at radius 1 is 1.27 bits per heavy atom. The first kappa shape index (κ1) is 20.4. The summed E-state index contributed by atoms with van der Waals surface area (Å²) in [4.78, 5) is 12.8. The van der Waals surface area contributed by atoms with Gasteiger partial charge in [-0.2, -0.15) is 0 Å². The number of nitrogens with one attached hydrogen (secondary N) is 1. The number of ether oxygens (including phenoxy) is 1. The largest absolute Gasteiger partial charge is 0.544 e. The summed E-state index contributed by atoms with van der Waals surface area (Å²) in [6.45, 7) is 5.44. The summed E-state index contributed by atoms with van der Waals surface area (Å²) in [7, 11) is 0. The number of carbonyl (C=O) groups is 1. The fourth-order valence-corrected chi connectivity index (χ4v) is 4.32. The van der Waals surface area contributed by atoms with Crippen LogP contribution in [0.3, 0.4) is 0 Å². The fraction of sp³-hybridized carbons (Fsp3) is 0.375. The van der Waals surface area contributed by atoms with Gasteiger partial charge in [-0.15, -0.1) is 0 Å². The van der Waals surface area contributed by atoms with Crippen LogP contribution in [0.15, 0.2) is 36.4 Å². The van der Waals surface area contributed by atoms with Gasteiger partial charge in [-0.25, -0.2) is 0 Å². The Kier molecular flexibility index (Phi) is 5.08. The van der Waals surface area contributed by atoms with E-state index in [1.54, 1.807) is 38.1 Å². The first-order valence-corrected chi connectivity index (χ1v) is 10.2. The van der Waals surface area contributed by atoms with E-state index in [4.69, 9.17) is 4.74 Å². The molecule has 0 amide bonds. The number of carbonyl (C=O) groups excluding carboxylic acids is 1. The number of carboxylic acids is 1. The molecule has 4 rings (SSSR count). The minimum Gasteiger partial charge on any atom is -0.544 e. The molecule has 0 aromatic heterocycles. The summed E-state index contributed by atoms with van der Waals surface area (Å²) in [6.07, 6.45) is 4.53. The lowest BCUT2D eigenvalue weighted by Gasteiger charge is -2.31. The SMILES string of the molecule is CC1C=c2ccc3c(c2=C[NH+]1C(Cc1ccc(O)cc1)C(=O)[O-])OC(C(C)(C)O)C3. The zero-order valence-electron chi connectivity index (χ0n) is 17.4. The lowest BCUT2D eigenvalue weighted by molar-refractivity contribution is -0.854. The molecule has 2 aliphatic heterocycles. The molecule has 0 bridgehead atoms. The molecular formula is C24H27NO5. The minimum absolute atomic E-state index is 0.0675. The number of benzene rings is 2. The van der Waals surface area contributed by atoms with Crippen LogP contribution >= 0.6 is 0 Å². The van der Waals surface area contributed by atoms with Gasteiger partial charge in [0.15, 0.2) is 0 Å². The molecule has 4 unspecified atom stereocenters. The number of phenols is 1. The monoisotopic (exact) mass is 409 g/mol. The molecule has 0 saturated heterocycles. The third kappa shape index (κ3) is 3.80. The summed E-state index contributed by atoms with van der Waals surface area (Å²) in [6, 6.07) is 9.76. The second-order valence-corrected chi connectivity index (χ2v) is 8.86. The van der Waals surface area contributed by atoms with Crippen LogP contribution in [0.1, 0.15) is 31.9 Å². The Morgan fingerprint density at radius 2 is 1.97 bits per heavy atom. The zero-order chi connectivity index (χ0) is 21.6. The van der Waals surface area contributed by atoms with Crippen molar-refractivity contribution < 1.29 is 29.8 Å². The van der Waals surface area contributed by atoms with Crippen LogP contribution in [0.25, 0.3) is 12.3 Å². The molecule has 158 valence electrons. The van der Waals surface area contributed by atoms with Gasteiger partial charge in [-0.3, -0.25) is 4.90 Å². The highest BCUT2D eigenvalue weighted by atomic mass is 16.5. The molecule has 2 aromatic carbocycles. The Hall–Kier alpha value is -2.83. The van der Waals surface area contributed by atoms with Crippen LogP contribution in [0, 0.1) is 0 Å². The van der Waals surface area contributed by atoms with Gasteiger partial charge in [0.2, 0.25) is 0 Å². The predicted octanol–water partition coefficient (Wildman–Crippen LogP) is -1.37.